The molecule has 0 heterocycles. The van der Waals surface area contributed by atoms with Crippen molar-refractivity contribution in [2.24, 2.45) is 0 Å². The van der Waals surface area contributed by atoms with Gasteiger partial charge < -0.3 is 0 Å². The van der Waals surface area contributed by atoms with Crippen LogP contribution in [0.2, 0.25) is 0 Å². The molecule has 0 rings (SSSR count). The summed E-state index contributed by atoms with van der Waals surface area (Å²) >= 11 is 0. The molecular weight excluding hydrogens is 136 g/mol. The molecule has 62 valence electrons. The van der Waals surface area contributed by atoms with Gasteiger partial charge in [0.15, 0.2) is 5.78 Å². The third-order valence-electron chi connectivity index (χ3n) is 1.36. The molecule has 0 saturated carbocycles. The summed E-state index contributed by atoms with van der Waals surface area (Å²) in [6.07, 6.45) is 9.97. The van der Waals surface area contributed by atoms with Gasteiger partial charge in [-0.3, -0.25) is 4.79 Å². The molecule has 0 N–H and O–H groups in total. The molecule has 0 bridgehead atoms. The molecule has 0 unspecified atom stereocenters. The van der Waals surface area contributed by atoms with Gasteiger partial charge in [0.1, 0.15) is 0 Å². The van der Waals surface area contributed by atoms with Crippen molar-refractivity contribution in [1.29, 1.82) is 0 Å². The lowest BCUT2D eigenvalue weighted by molar-refractivity contribution is -0.114. The summed E-state index contributed by atoms with van der Waals surface area (Å²) in [7, 11) is 0. The highest BCUT2D eigenvalue weighted by atomic mass is 16.1. The Morgan fingerprint density at radius 2 is 2.09 bits per heavy atom. The van der Waals surface area contributed by atoms with Gasteiger partial charge in [0.2, 0.25) is 0 Å². The van der Waals surface area contributed by atoms with Crippen LogP contribution in [0, 0.1) is 0 Å². The second kappa shape index (κ2) is 7.26. The van der Waals surface area contributed by atoms with Gasteiger partial charge in [0.05, 0.1) is 0 Å². The number of carbonyl (C=O) groups is 1. The molecule has 0 amide bonds. The topological polar surface area (TPSA) is 17.1 Å². The van der Waals surface area contributed by atoms with Gasteiger partial charge in [-0.1, -0.05) is 31.6 Å². The number of allylic oxidation sites excluding steroid dienone is 4. The first-order valence-electron chi connectivity index (χ1n) is 4.13. The Morgan fingerprint density at radius 3 is 2.64 bits per heavy atom. The zero-order chi connectivity index (χ0) is 8.53. The standard InChI is InChI=1S/C10H16O/c1-3-5-7-9-10(11)8-6-4-2/h3,5,7,9H,4,6,8H2,1-2H3/b5-3+,9-7+. The van der Waals surface area contributed by atoms with Crippen LogP contribution >= 0.6 is 0 Å². The van der Waals surface area contributed by atoms with Crippen LogP contribution in [0.25, 0.3) is 0 Å². The van der Waals surface area contributed by atoms with Crippen LogP contribution in [0.1, 0.15) is 33.1 Å². The maximum atomic E-state index is 11.0. The highest BCUT2D eigenvalue weighted by Gasteiger charge is 1.92. The normalized spacial score (nSPS) is 11.5. The number of hydrogen-bond donors (Lipinski definition) is 0. The van der Waals surface area contributed by atoms with Crippen LogP contribution in [0.4, 0.5) is 0 Å². The fraction of sp³-hybridized carbons (Fsp3) is 0.500. The minimum atomic E-state index is 0.227. The SMILES string of the molecule is C/C=C/C=C/C(=O)CCCC. The van der Waals surface area contributed by atoms with E-state index >= 15 is 0 Å². The van der Waals surface area contributed by atoms with Crippen LogP contribution in [0.5, 0.6) is 0 Å². The van der Waals surface area contributed by atoms with Crippen molar-refractivity contribution in [3.8, 4) is 0 Å². The number of hydrogen-bond acceptors (Lipinski definition) is 1. The van der Waals surface area contributed by atoms with Gasteiger partial charge in [0.25, 0.3) is 0 Å². The van der Waals surface area contributed by atoms with Gasteiger partial charge in [-0.05, 0) is 19.4 Å². The summed E-state index contributed by atoms with van der Waals surface area (Å²) in [5, 5.41) is 0. The van der Waals surface area contributed by atoms with Crippen LogP contribution in [-0.2, 0) is 4.79 Å². The lowest BCUT2D eigenvalue weighted by atomic mass is 10.2. The number of rotatable bonds is 5. The molecule has 0 fully saturated rings. The van der Waals surface area contributed by atoms with E-state index in [1.54, 1.807) is 12.2 Å². The molecule has 0 atom stereocenters. The Bertz CT molecular complexity index is 154. The predicted molar refractivity (Wildman–Crippen MR) is 48.5 cm³/mol. The van der Waals surface area contributed by atoms with Crippen molar-refractivity contribution >= 4 is 5.78 Å². The van der Waals surface area contributed by atoms with Crippen molar-refractivity contribution in [1.82, 2.24) is 0 Å². The first-order valence-corrected chi connectivity index (χ1v) is 4.13. The summed E-state index contributed by atoms with van der Waals surface area (Å²) in [5.41, 5.74) is 0. The Labute approximate surface area is 68.8 Å². The van der Waals surface area contributed by atoms with E-state index < -0.39 is 0 Å². The molecule has 0 saturated heterocycles. The number of ketones is 1. The van der Waals surface area contributed by atoms with Crippen LogP contribution in [0.15, 0.2) is 24.3 Å². The molecule has 0 aliphatic carbocycles. The van der Waals surface area contributed by atoms with Crippen LogP contribution in [-0.4, -0.2) is 5.78 Å². The zero-order valence-corrected chi connectivity index (χ0v) is 7.34. The predicted octanol–water partition coefficient (Wildman–Crippen LogP) is 2.88. The molecule has 11 heavy (non-hydrogen) atoms. The maximum absolute atomic E-state index is 11.0. The summed E-state index contributed by atoms with van der Waals surface area (Å²) in [6.45, 7) is 4.02. The van der Waals surface area contributed by atoms with E-state index in [9.17, 15) is 4.79 Å². The lowest BCUT2D eigenvalue weighted by Gasteiger charge is -1.89. The molecule has 0 aromatic heterocycles. The molecule has 1 heteroatoms. The van der Waals surface area contributed by atoms with E-state index in [1.165, 1.54) is 0 Å². The summed E-state index contributed by atoms with van der Waals surface area (Å²) in [4.78, 5) is 11.0. The van der Waals surface area contributed by atoms with Crippen molar-refractivity contribution in [2.45, 2.75) is 33.1 Å². The average Bonchev–Trinajstić information content (AvgIpc) is 2.01. The van der Waals surface area contributed by atoms with E-state index in [0.717, 1.165) is 12.8 Å². The van der Waals surface area contributed by atoms with Gasteiger partial charge in [-0.25, -0.2) is 0 Å². The Balaban J connectivity index is 3.51. The van der Waals surface area contributed by atoms with Crippen molar-refractivity contribution < 1.29 is 4.79 Å². The van der Waals surface area contributed by atoms with Gasteiger partial charge in [-0.15, -0.1) is 0 Å². The highest BCUT2D eigenvalue weighted by Crippen LogP contribution is 1.95. The van der Waals surface area contributed by atoms with E-state index in [0.29, 0.717) is 6.42 Å². The minimum Gasteiger partial charge on any atom is -0.295 e. The van der Waals surface area contributed by atoms with Crippen molar-refractivity contribution in [3.63, 3.8) is 0 Å². The van der Waals surface area contributed by atoms with Crippen LogP contribution < -0.4 is 0 Å². The molecule has 0 aromatic carbocycles. The smallest absolute Gasteiger partial charge is 0.155 e. The third-order valence-corrected chi connectivity index (χ3v) is 1.36. The van der Waals surface area contributed by atoms with Crippen molar-refractivity contribution in [2.75, 3.05) is 0 Å². The largest absolute Gasteiger partial charge is 0.295 e. The first kappa shape index (κ1) is 10.2. The Kier molecular flexibility index (Phi) is 6.70. The van der Waals surface area contributed by atoms with Gasteiger partial charge in [0, 0.05) is 6.42 Å². The van der Waals surface area contributed by atoms with E-state index in [-0.39, 0.29) is 5.78 Å². The Morgan fingerprint density at radius 1 is 1.36 bits per heavy atom. The molecule has 0 aliphatic rings. The zero-order valence-electron chi connectivity index (χ0n) is 7.34. The maximum Gasteiger partial charge on any atom is 0.155 e. The summed E-state index contributed by atoms with van der Waals surface area (Å²) < 4.78 is 0. The van der Waals surface area contributed by atoms with Crippen LogP contribution in [0.3, 0.4) is 0 Å². The molecule has 0 aliphatic heterocycles. The summed E-state index contributed by atoms with van der Waals surface area (Å²) in [5.74, 6) is 0.227. The highest BCUT2D eigenvalue weighted by molar-refractivity contribution is 5.89. The lowest BCUT2D eigenvalue weighted by Crippen LogP contribution is -1.90. The van der Waals surface area contributed by atoms with Gasteiger partial charge in [-0.2, -0.15) is 0 Å². The third kappa shape index (κ3) is 7.04. The molecular formula is C10H16O. The monoisotopic (exact) mass is 152 g/mol. The first-order chi connectivity index (χ1) is 5.31. The summed E-state index contributed by atoms with van der Waals surface area (Å²) in [6, 6.07) is 0. The fourth-order valence-corrected chi connectivity index (χ4v) is 0.708. The minimum absolute atomic E-state index is 0.227. The van der Waals surface area contributed by atoms with E-state index in [1.807, 2.05) is 19.1 Å². The molecule has 0 radical (unpaired) electrons. The number of unbranched alkanes of at least 4 members (excludes halogenated alkanes) is 1. The van der Waals surface area contributed by atoms with Crippen molar-refractivity contribution in [3.05, 3.63) is 24.3 Å². The van der Waals surface area contributed by atoms with Gasteiger partial charge >= 0.3 is 0 Å². The molecule has 0 aromatic rings. The van der Waals surface area contributed by atoms with E-state index in [2.05, 4.69) is 6.92 Å². The second-order valence-corrected chi connectivity index (χ2v) is 2.45. The second-order valence-electron chi connectivity index (χ2n) is 2.45. The average molecular weight is 152 g/mol. The molecule has 0 spiro atoms. The van der Waals surface area contributed by atoms with E-state index in [4.69, 9.17) is 0 Å². The Hall–Kier alpha value is -0.850. The quantitative estimate of drug-likeness (QED) is 0.437. The molecule has 1 nitrogen and oxygen atoms in total. The number of carbonyl (C=O) groups excluding carboxylic acids is 1. The fourth-order valence-electron chi connectivity index (χ4n) is 0.708.